The van der Waals surface area contributed by atoms with E-state index in [1.165, 1.54) is 0 Å². The average Bonchev–Trinajstić information content (AvgIpc) is 2.47. The fourth-order valence-corrected chi connectivity index (χ4v) is 2.55. The van der Waals surface area contributed by atoms with Crippen LogP contribution in [0.1, 0.15) is 11.1 Å². The molecule has 0 saturated carbocycles. The average molecular weight is 321 g/mol. The van der Waals surface area contributed by atoms with Crippen LogP contribution in [0, 0.1) is 0 Å². The summed E-state index contributed by atoms with van der Waals surface area (Å²) in [6.07, 6.45) is 0. The Kier molecular flexibility index (Phi) is 5.04. The van der Waals surface area contributed by atoms with Crippen LogP contribution >= 0.6 is 23.8 Å². The fraction of sp³-hybridized carbons (Fsp3) is 0.188. The normalized spacial score (nSPS) is 10.2. The number of rotatable bonds is 5. The third-order valence-corrected chi connectivity index (χ3v) is 3.74. The Labute approximate surface area is 135 Å². The molecular formula is C16H17ClN2OS. The summed E-state index contributed by atoms with van der Waals surface area (Å²) in [5, 5.41) is 0.630. The van der Waals surface area contributed by atoms with Gasteiger partial charge in [-0.25, -0.2) is 0 Å². The Bertz CT molecular complexity index is 660. The van der Waals surface area contributed by atoms with Gasteiger partial charge in [-0.3, -0.25) is 0 Å². The van der Waals surface area contributed by atoms with Crippen LogP contribution in [0.3, 0.4) is 0 Å². The monoisotopic (exact) mass is 320 g/mol. The lowest BCUT2D eigenvalue weighted by atomic mass is 10.1. The number of anilines is 1. The van der Waals surface area contributed by atoms with E-state index < -0.39 is 0 Å². The van der Waals surface area contributed by atoms with E-state index in [1.54, 1.807) is 13.2 Å². The quantitative estimate of drug-likeness (QED) is 0.854. The molecule has 2 rings (SSSR count). The van der Waals surface area contributed by atoms with E-state index in [1.807, 2.05) is 37.4 Å². The summed E-state index contributed by atoms with van der Waals surface area (Å²) in [6.45, 7) is 0.726. The SMILES string of the molecule is COc1cccc(CN(C)c2ccc(C(N)=S)cc2Cl)c1. The summed E-state index contributed by atoms with van der Waals surface area (Å²) in [4.78, 5) is 2.42. The van der Waals surface area contributed by atoms with Crippen molar-refractivity contribution in [3.8, 4) is 5.75 Å². The highest BCUT2D eigenvalue weighted by Gasteiger charge is 2.09. The van der Waals surface area contributed by atoms with Crippen molar-refractivity contribution >= 4 is 34.5 Å². The highest BCUT2D eigenvalue weighted by molar-refractivity contribution is 7.80. The Balaban J connectivity index is 2.19. The molecule has 0 aromatic heterocycles. The van der Waals surface area contributed by atoms with Gasteiger partial charge in [0.1, 0.15) is 10.7 Å². The van der Waals surface area contributed by atoms with Crippen molar-refractivity contribution < 1.29 is 4.74 Å². The second-order valence-corrected chi connectivity index (χ2v) is 5.59. The highest BCUT2D eigenvalue weighted by atomic mass is 35.5. The lowest BCUT2D eigenvalue weighted by Crippen LogP contribution is -2.17. The lowest BCUT2D eigenvalue weighted by molar-refractivity contribution is 0.414. The molecule has 0 bridgehead atoms. The number of methoxy groups -OCH3 is 1. The smallest absolute Gasteiger partial charge is 0.119 e. The number of benzene rings is 2. The maximum atomic E-state index is 6.31. The van der Waals surface area contributed by atoms with Crippen LogP contribution < -0.4 is 15.4 Å². The zero-order valence-electron chi connectivity index (χ0n) is 12.0. The first kappa shape index (κ1) is 15.6. The van der Waals surface area contributed by atoms with Crippen LogP contribution in [-0.2, 0) is 6.54 Å². The van der Waals surface area contributed by atoms with Crippen LogP contribution in [0.15, 0.2) is 42.5 Å². The first-order chi connectivity index (χ1) is 10.0. The zero-order chi connectivity index (χ0) is 15.4. The van der Waals surface area contributed by atoms with E-state index in [9.17, 15) is 0 Å². The summed E-state index contributed by atoms with van der Waals surface area (Å²) in [5.74, 6) is 0.843. The predicted octanol–water partition coefficient (Wildman–Crippen LogP) is 3.62. The molecule has 0 unspecified atom stereocenters. The van der Waals surface area contributed by atoms with Gasteiger partial charge in [0.15, 0.2) is 0 Å². The summed E-state index contributed by atoms with van der Waals surface area (Å²) < 4.78 is 5.24. The van der Waals surface area contributed by atoms with Crippen LogP contribution in [0.5, 0.6) is 5.75 Å². The number of nitrogens with two attached hydrogens (primary N) is 1. The van der Waals surface area contributed by atoms with Gasteiger partial charge in [0.05, 0.1) is 17.8 Å². The maximum absolute atomic E-state index is 6.31. The largest absolute Gasteiger partial charge is 0.497 e. The van der Waals surface area contributed by atoms with Gasteiger partial charge in [0, 0.05) is 19.2 Å². The molecule has 0 saturated heterocycles. The molecule has 21 heavy (non-hydrogen) atoms. The minimum atomic E-state index is 0.346. The van der Waals surface area contributed by atoms with Gasteiger partial charge in [-0.05, 0) is 35.9 Å². The topological polar surface area (TPSA) is 38.5 Å². The Hall–Kier alpha value is -1.78. The Morgan fingerprint density at radius 3 is 2.67 bits per heavy atom. The summed E-state index contributed by atoms with van der Waals surface area (Å²) in [6, 6.07) is 13.6. The molecule has 0 fully saturated rings. The molecule has 2 aromatic rings. The van der Waals surface area contributed by atoms with Crippen molar-refractivity contribution in [1.29, 1.82) is 0 Å². The number of hydrogen-bond donors (Lipinski definition) is 1. The highest BCUT2D eigenvalue weighted by Crippen LogP contribution is 2.27. The second kappa shape index (κ2) is 6.78. The molecule has 0 atom stereocenters. The summed E-state index contributed by atoms with van der Waals surface area (Å²) >= 11 is 11.3. The third-order valence-electron chi connectivity index (χ3n) is 3.20. The molecule has 0 aliphatic heterocycles. The van der Waals surface area contributed by atoms with E-state index in [4.69, 9.17) is 34.3 Å². The van der Waals surface area contributed by atoms with Crippen LogP contribution in [0.25, 0.3) is 0 Å². The first-order valence-corrected chi connectivity index (χ1v) is 7.23. The van der Waals surface area contributed by atoms with Gasteiger partial charge < -0.3 is 15.4 Å². The maximum Gasteiger partial charge on any atom is 0.119 e. The first-order valence-electron chi connectivity index (χ1n) is 6.44. The molecule has 3 nitrogen and oxygen atoms in total. The van der Waals surface area contributed by atoms with E-state index in [0.29, 0.717) is 10.0 Å². The predicted molar refractivity (Wildman–Crippen MR) is 92.4 cm³/mol. The van der Waals surface area contributed by atoms with Crippen molar-refractivity contribution in [2.45, 2.75) is 6.54 Å². The van der Waals surface area contributed by atoms with Gasteiger partial charge in [-0.1, -0.05) is 36.0 Å². The van der Waals surface area contributed by atoms with Crippen molar-refractivity contribution in [2.75, 3.05) is 19.1 Å². The fourth-order valence-electron chi connectivity index (χ4n) is 2.10. The van der Waals surface area contributed by atoms with Crippen molar-refractivity contribution in [1.82, 2.24) is 0 Å². The lowest BCUT2D eigenvalue weighted by Gasteiger charge is -2.21. The van der Waals surface area contributed by atoms with Gasteiger partial charge in [-0.15, -0.1) is 0 Å². The van der Waals surface area contributed by atoms with Crippen LogP contribution in [0.2, 0.25) is 5.02 Å². The number of thiocarbonyl (C=S) groups is 1. The van der Waals surface area contributed by atoms with E-state index in [2.05, 4.69) is 11.0 Å². The van der Waals surface area contributed by atoms with Gasteiger partial charge >= 0.3 is 0 Å². The molecule has 2 N–H and O–H groups in total. The molecule has 0 amide bonds. The van der Waals surface area contributed by atoms with Crippen molar-refractivity contribution in [3.05, 3.63) is 58.6 Å². The Morgan fingerprint density at radius 2 is 2.05 bits per heavy atom. The van der Waals surface area contributed by atoms with E-state index in [0.717, 1.165) is 29.1 Å². The zero-order valence-corrected chi connectivity index (χ0v) is 13.5. The van der Waals surface area contributed by atoms with Crippen molar-refractivity contribution in [2.24, 2.45) is 5.73 Å². The molecule has 110 valence electrons. The molecule has 0 radical (unpaired) electrons. The molecule has 0 spiro atoms. The minimum absolute atomic E-state index is 0.346. The van der Waals surface area contributed by atoms with Crippen LogP contribution in [0.4, 0.5) is 5.69 Å². The number of hydrogen-bond acceptors (Lipinski definition) is 3. The standard InChI is InChI=1S/C16H17ClN2OS/c1-19(10-11-4-3-5-13(8-11)20-2)15-7-6-12(16(18)21)9-14(15)17/h3-9H,10H2,1-2H3,(H2,18,21). The van der Waals surface area contributed by atoms with Crippen molar-refractivity contribution in [3.63, 3.8) is 0 Å². The van der Waals surface area contributed by atoms with Gasteiger partial charge in [0.25, 0.3) is 0 Å². The molecule has 0 aliphatic rings. The number of nitrogens with zero attached hydrogens (tertiary/aromatic N) is 1. The van der Waals surface area contributed by atoms with E-state index in [-0.39, 0.29) is 0 Å². The molecule has 2 aromatic carbocycles. The van der Waals surface area contributed by atoms with Gasteiger partial charge in [-0.2, -0.15) is 0 Å². The molecule has 0 heterocycles. The third kappa shape index (κ3) is 3.86. The molecule has 5 heteroatoms. The number of ether oxygens (including phenoxy) is 1. The Morgan fingerprint density at radius 1 is 1.29 bits per heavy atom. The summed E-state index contributed by atoms with van der Waals surface area (Å²) in [7, 11) is 3.65. The van der Waals surface area contributed by atoms with Crippen LogP contribution in [-0.4, -0.2) is 19.1 Å². The minimum Gasteiger partial charge on any atom is -0.497 e. The molecule has 0 aliphatic carbocycles. The summed E-state index contributed by atoms with van der Waals surface area (Å²) in [5.41, 5.74) is 8.46. The second-order valence-electron chi connectivity index (χ2n) is 4.74. The van der Waals surface area contributed by atoms with E-state index >= 15 is 0 Å². The number of halogens is 1. The molecular weight excluding hydrogens is 304 g/mol. The van der Waals surface area contributed by atoms with Gasteiger partial charge in [0.2, 0.25) is 0 Å².